The molecule has 1 N–H and O–H groups in total. The Kier molecular flexibility index (Phi) is 4.99. The third kappa shape index (κ3) is 4.08. The molecular weight excluding hydrogens is 324 g/mol. The fraction of sp³-hybridized carbons (Fsp3) is 0.143. The van der Waals surface area contributed by atoms with Gasteiger partial charge in [0.2, 0.25) is 0 Å². The maximum Gasteiger partial charge on any atom is 0.252 e. The highest BCUT2D eigenvalue weighted by molar-refractivity contribution is 9.10. The van der Waals surface area contributed by atoms with Gasteiger partial charge in [0.1, 0.15) is 0 Å². The van der Waals surface area contributed by atoms with Gasteiger partial charge in [-0.2, -0.15) is 0 Å². The van der Waals surface area contributed by atoms with Crippen molar-refractivity contribution in [2.24, 2.45) is 0 Å². The van der Waals surface area contributed by atoms with Gasteiger partial charge in [-0.3, -0.25) is 9.78 Å². The fourth-order valence-electron chi connectivity index (χ4n) is 1.66. The van der Waals surface area contributed by atoms with E-state index in [1.54, 1.807) is 24.5 Å². The molecule has 19 heavy (non-hydrogen) atoms. The molecule has 1 aromatic carbocycles. The van der Waals surface area contributed by atoms with Crippen molar-refractivity contribution in [1.29, 1.82) is 0 Å². The Hall–Kier alpha value is -1.33. The lowest BCUT2D eigenvalue weighted by molar-refractivity contribution is 0.0951. The highest BCUT2D eigenvalue weighted by Crippen LogP contribution is 2.19. The lowest BCUT2D eigenvalue weighted by Gasteiger charge is -2.07. The molecule has 0 bridgehead atoms. The van der Waals surface area contributed by atoms with E-state index < -0.39 is 0 Å². The van der Waals surface area contributed by atoms with Gasteiger partial charge in [0.15, 0.2) is 0 Å². The van der Waals surface area contributed by atoms with Gasteiger partial charge in [-0.1, -0.05) is 15.9 Å². The van der Waals surface area contributed by atoms with Crippen molar-refractivity contribution in [3.8, 4) is 0 Å². The van der Waals surface area contributed by atoms with Crippen LogP contribution in [0, 0.1) is 0 Å². The van der Waals surface area contributed by atoms with Crippen molar-refractivity contribution >= 4 is 34.5 Å². The average molecular weight is 337 g/mol. The number of carbonyl (C=O) groups excluding carboxylic acids is 1. The van der Waals surface area contributed by atoms with Crippen LogP contribution in [0.3, 0.4) is 0 Å². The van der Waals surface area contributed by atoms with Crippen LogP contribution in [0.5, 0.6) is 0 Å². The van der Waals surface area contributed by atoms with Gasteiger partial charge in [0, 0.05) is 28.3 Å². The van der Waals surface area contributed by atoms with E-state index in [2.05, 4.69) is 38.9 Å². The van der Waals surface area contributed by atoms with Crippen LogP contribution < -0.4 is 5.32 Å². The number of amides is 1. The van der Waals surface area contributed by atoms with Crippen molar-refractivity contribution in [3.63, 3.8) is 0 Å². The largest absolute Gasteiger partial charge is 0.352 e. The predicted molar refractivity (Wildman–Crippen MR) is 81.7 cm³/mol. The monoisotopic (exact) mass is 336 g/mol. The summed E-state index contributed by atoms with van der Waals surface area (Å²) >= 11 is 7.64. The van der Waals surface area contributed by atoms with E-state index in [-0.39, 0.29) is 5.91 Å². The number of halogens is 1. The van der Waals surface area contributed by atoms with Crippen LogP contribution in [0.2, 0.25) is 0 Å². The zero-order valence-corrected chi connectivity index (χ0v) is 12.6. The number of hydrogen-bond donors (Lipinski definition) is 2. The lowest BCUT2D eigenvalue weighted by atomic mass is 10.2. The van der Waals surface area contributed by atoms with Gasteiger partial charge in [-0.25, -0.2) is 0 Å². The van der Waals surface area contributed by atoms with Crippen molar-refractivity contribution in [1.82, 2.24) is 10.3 Å². The molecule has 0 aliphatic heterocycles. The molecule has 0 saturated carbocycles. The Morgan fingerprint density at radius 3 is 2.68 bits per heavy atom. The number of pyridine rings is 1. The van der Waals surface area contributed by atoms with Crippen LogP contribution in [-0.2, 0) is 6.42 Å². The molecule has 0 atom stereocenters. The topological polar surface area (TPSA) is 42.0 Å². The van der Waals surface area contributed by atoms with E-state index in [1.807, 2.05) is 18.2 Å². The van der Waals surface area contributed by atoms with E-state index in [0.29, 0.717) is 17.0 Å². The van der Waals surface area contributed by atoms with Crippen LogP contribution >= 0.6 is 28.6 Å². The molecule has 0 unspecified atom stereocenters. The minimum Gasteiger partial charge on any atom is -0.352 e. The van der Waals surface area contributed by atoms with Crippen molar-refractivity contribution in [3.05, 3.63) is 58.3 Å². The molecule has 1 aromatic heterocycles. The molecule has 2 rings (SSSR count). The molecule has 0 spiro atoms. The summed E-state index contributed by atoms with van der Waals surface area (Å²) in [5.41, 5.74) is 1.73. The number of thiol groups is 1. The number of hydrogen-bond acceptors (Lipinski definition) is 3. The van der Waals surface area contributed by atoms with E-state index in [9.17, 15) is 4.79 Å². The van der Waals surface area contributed by atoms with Gasteiger partial charge in [-0.15, -0.1) is 12.6 Å². The number of nitrogens with zero attached hydrogens (tertiary/aromatic N) is 1. The molecule has 3 nitrogen and oxygen atoms in total. The molecule has 98 valence electrons. The van der Waals surface area contributed by atoms with Gasteiger partial charge in [-0.05, 0) is 42.3 Å². The summed E-state index contributed by atoms with van der Waals surface area (Å²) in [5.74, 6) is -0.105. The quantitative estimate of drug-likeness (QED) is 0.842. The van der Waals surface area contributed by atoms with Gasteiger partial charge < -0.3 is 5.32 Å². The molecule has 2 aromatic rings. The second-order valence-corrected chi connectivity index (χ2v) is 5.42. The fourth-order valence-corrected chi connectivity index (χ4v) is 2.52. The van der Waals surface area contributed by atoms with Gasteiger partial charge in [0.25, 0.3) is 5.91 Å². The highest BCUT2D eigenvalue weighted by atomic mass is 79.9. The molecular formula is C14H13BrN2OS. The number of carbonyl (C=O) groups is 1. The maximum absolute atomic E-state index is 12.0. The number of aromatic nitrogens is 1. The lowest BCUT2D eigenvalue weighted by Crippen LogP contribution is -2.26. The van der Waals surface area contributed by atoms with Crippen LogP contribution in [0.1, 0.15) is 15.9 Å². The van der Waals surface area contributed by atoms with E-state index in [0.717, 1.165) is 16.5 Å². The molecule has 0 saturated heterocycles. The first-order valence-corrected chi connectivity index (χ1v) is 7.06. The van der Waals surface area contributed by atoms with Crippen LogP contribution in [0.4, 0.5) is 0 Å². The third-order valence-electron chi connectivity index (χ3n) is 2.65. The van der Waals surface area contributed by atoms with E-state index in [1.165, 1.54) is 0 Å². The standard InChI is InChI=1S/C14H13BrN2OS/c15-11-1-2-12(13(19)9-11)14(18)17-8-5-10-3-6-16-7-4-10/h1-4,6-7,9,19H,5,8H2,(H,17,18). The summed E-state index contributed by atoms with van der Waals surface area (Å²) in [6, 6.07) is 9.28. The maximum atomic E-state index is 12.0. The Morgan fingerprint density at radius 2 is 2.00 bits per heavy atom. The summed E-state index contributed by atoms with van der Waals surface area (Å²) < 4.78 is 0.908. The van der Waals surface area contributed by atoms with Gasteiger partial charge >= 0.3 is 0 Å². The Labute approximate surface area is 126 Å². The predicted octanol–water partition coefficient (Wildman–Crippen LogP) is 3.11. The third-order valence-corrected chi connectivity index (χ3v) is 3.52. The molecule has 0 aliphatic rings. The van der Waals surface area contributed by atoms with E-state index >= 15 is 0 Å². The van der Waals surface area contributed by atoms with Crippen molar-refractivity contribution < 1.29 is 4.79 Å². The summed E-state index contributed by atoms with van der Waals surface area (Å²) in [5, 5.41) is 2.88. The summed E-state index contributed by atoms with van der Waals surface area (Å²) in [6.07, 6.45) is 4.28. The Balaban J connectivity index is 1.91. The SMILES string of the molecule is O=C(NCCc1ccncc1)c1ccc(Br)cc1S. The molecule has 1 heterocycles. The minimum absolute atomic E-state index is 0.105. The Morgan fingerprint density at radius 1 is 1.26 bits per heavy atom. The zero-order valence-electron chi connectivity index (χ0n) is 10.1. The first-order chi connectivity index (χ1) is 9.16. The van der Waals surface area contributed by atoms with Crippen LogP contribution in [0.15, 0.2) is 52.1 Å². The van der Waals surface area contributed by atoms with Gasteiger partial charge in [0.05, 0.1) is 5.56 Å². The zero-order chi connectivity index (χ0) is 13.7. The molecule has 0 aliphatic carbocycles. The smallest absolute Gasteiger partial charge is 0.252 e. The second-order valence-electron chi connectivity index (χ2n) is 4.02. The van der Waals surface area contributed by atoms with Crippen molar-refractivity contribution in [2.75, 3.05) is 6.54 Å². The minimum atomic E-state index is -0.105. The second kappa shape index (κ2) is 6.73. The van der Waals surface area contributed by atoms with E-state index in [4.69, 9.17) is 0 Å². The number of benzene rings is 1. The normalized spacial score (nSPS) is 10.2. The summed E-state index contributed by atoms with van der Waals surface area (Å²) in [7, 11) is 0. The number of nitrogens with one attached hydrogen (secondary N) is 1. The molecule has 5 heteroatoms. The molecule has 0 radical (unpaired) electrons. The molecule has 1 amide bonds. The van der Waals surface area contributed by atoms with Crippen molar-refractivity contribution in [2.45, 2.75) is 11.3 Å². The highest BCUT2D eigenvalue weighted by Gasteiger charge is 2.08. The average Bonchev–Trinajstić information content (AvgIpc) is 2.39. The molecule has 0 fully saturated rings. The summed E-state index contributed by atoms with van der Waals surface area (Å²) in [4.78, 5) is 16.6. The van der Waals surface area contributed by atoms with Crippen LogP contribution in [0.25, 0.3) is 0 Å². The first kappa shape index (κ1) is 14.1. The first-order valence-electron chi connectivity index (χ1n) is 5.82. The Bertz CT molecular complexity index is 575. The number of rotatable bonds is 4. The summed E-state index contributed by atoms with van der Waals surface area (Å²) in [6.45, 7) is 0.589. The van der Waals surface area contributed by atoms with Crippen LogP contribution in [-0.4, -0.2) is 17.4 Å².